The molecule has 0 aromatic heterocycles. The van der Waals surface area contributed by atoms with Gasteiger partial charge in [-0.1, -0.05) is 0 Å². The van der Waals surface area contributed by atoms with Crippen molar-refractivity contribution in [2.75, 3.05) is 7.05 Å². The topological polar surface area (TPSA) is 95.5 Å². The van der Waals surface area contributed by atoms with Gasteiger partial charge in [-0.3, -0.25) is 10.1 Å². The molecular weight excluding hydrogens is 348 g/mol. The number of halogens is 1. The Morgan fingerprint density at radius 1 is 1.35 bits per heavy atom. The largest absolute Gasteiger partial charge is 0.478 e. The van der Waals surface area contributed by atoms with Gasteiger partial charge in [0.15, 0.2) is 0 Å². The Balaban J connectivity index is 2.78. The number of hydrogen-bond acceptors (Lipinski definition) is 4. The van der Waals surface area contributed by atoms with Gasteiger partial charge in [0.25, 0.3) is 0 Å². The van der Waals surface area contributed by atoms with Crippen LogP contribution in [0, 0.1) is 0 Å². The molecule has 1 rings (SSSR count). The van der Waals surface area contributed by atoms with Crippen LogP contribution in [0.25, 0.3) is 0 Å². The van der Waals surface area contributed by atoms with Gasteiger partial charge in [0, 0.05) is 16.4 Å². The fourth-order valence-corrected chi connectivity index (χ4v) is 2.60. The Labute approximate surface area is 128 Å². The van der Waals surface area contributed by atoms with E-state index in [0.29, 0.717) is 9.37 Å². The highest BCUT2D eigenvalue weighted by Crippen LogP contribution is 2.27. The van der Waals surface area contributed by atoms with Crippen molar-refractivity contribution in [3.05, 3.63) is 28.2 Å². The lowest BCUT2D eigenvalue weighted by molar-refractivity contribution is -0.119. The summed E-state index contributed by atoms with van der Waals surface area (Å²) in [7, 11) is 1.41. The van der Waals surface area contributed by atoms with Crippen molar-refractivity contribution < 1.29 is 19.5 Å². The van der Waals surface area contributed by atoms with E-state index in [1.54, 1.807) is 19.1 Å². The molecule has 0 spiro atoms. The van der Waals surface area contributed by atoms with Gasteiger partial charge in [-0.25, -0.2) is 9.59 Å². The number of carbonyl (C=O) groups is 3. The van der Waals surface area contributed by atoms with Crippen molar-refractivity contribution in [3.63, 3.8) is 0 Å². The van der Waals surface area contributed by atoms with E-state index in [2.05, 4.69) is 26.6 Å². The zero-order valence-corrected chi connectivity index (χ0v) is 13.2. The van der Waals surface area contributed by atoms with E-state index in [-0.39, 0.29) is 5.56 Å². The van der Waals surface area contributed by atoms with E-state index < -0.39 is 23.2 Å². The molecule has 1 atom stereocenters. The highest BCUT2D eigenvalue weighted by molar-refractivity contribution is 9.10. The SMILES string of the molecule is CNC(=O)NC(=O)C(C)Sc1ccc(Br)c(C(=O)O)c1. The molecule has 0 aliphatic heterocycles. The summed E-state index contributed by atoms with van der Waals surface area (Å²) in [4.78, 5) is 34.4. The molecule has 0 heterocycles. The number of hydrogen-bond donors (Lipinski definition) is 3. The Morgan fingerprint density at radius 3 is 2.55 bits per heavy atom. The maximum Gasteiger partial charge on any atom is 0.336 e. The summed E-state index contributed by atoms with van der Waals surface area (Å²) >= 11 is 4.31. The molecule has 0 saturated carbocycles. The predicted octanol–water partition coefficient (Wildman–Crippen LogP) is 2.08. The second kappa shape index (κ2) is 7.30. The lowest BCUT2D eigenvalue weighted by Gasteiger charge is -2.11. The monoisotopic (exact) mass is 360 g/mol. The van der Waals surface area contributed by atoms with E-state index in [9.17, 15) is 14.4 Å². The van der Waals surface area contributed by atoms with Crippen molar-refractivity contribution in [3.8, 4) is 0 Å². The number of carboxylic acids is 1. The highest BCUT2D eigenvalue weighted by Gasteiger charge is 2.18. The van der Waals surface area contributed by atoms with Gasteiger partial charge in [-0.15, -0.1) is 11.8 Å². The first kappa shape index (κ1) is 16.5. The van der Waals surface area contributed by atoms with Crippen molar-refractivity contribution in [2.45, 2.75) is 17.1 Å². The molecule has 8 heteroatoms. The molecule has 20 heavy (non-hydrogen) atoms. The normalized spacial score (nSPS) is 11.6. The number of carbonyl (C=O) groups excluding carboxylic acids is 2. The molecule has 1 aromatic rings. The number of rotatable bonds is 4. The molecule has 108 valence electrons. The Morgan fingerprint density at radius 2 is 2.00 bits per heavy atom. The van der Waals surface area contributed by atoms with Crippen LogP contribution in [0.15, 0.2) is 27.6 Å². The number of nitrogens with one attached hydrogen (secondary N) is 2. The van der Waals surface area contributed by atoms with Crippen LogP contribution in [-0.2, 0) is 4.79 Å². The summed E-state index contributed by atoms with van der Waals surface area (Å²) < 4.78 is 0.469. The van der Waals surface area contributed by atoms with Crippen molar-refractivity contribution in [1.29, 1.82) is 0 Å². The maximum atomic E-state index is 11.7. The molecule has 3 N–H and O–H groups in total. The van der Waals surface area contributed by atoms with Crippen molar-refractivity contribution in [1.82, 2.24) is 10.6 Å². The number of thioether (sulfide) groups is 1. The summed E-state index contributed by atoms with van der Waals surface area (Å²) in [5.74, 6) is -1.50. The third-order valence-electron chi connectivity index (χ3n) is 2.31. The minimum absolute atomic E-state index is 0.119. The maximum absolute atomic E-state index is 11.7. The highest BCUT2D eigenvalue weighted by atomic mass is 79.9. The van der Waals surface area contributed by atoms with Crippen molar-refractivity contribution in [2.24, 2.45) is 0 Å². The summed E-state index contributed by atoms with van der Waals surface area (Å²) in [5.41, 5.74) is 0.119. The Kier molecular flexibility index (Phi) is 6.03. The van der Waals surface area contributed by atoms with Gasteiger partial charge >= 0.3 is 12.0 Å². The van der Waals surface area contributed by atoms with Gasteiger partial charge in [-0.05, 0) is 41.1 Å². The van der Waals surface area contributed by atoms with Crippen LogP contribution in [0.2, 0.25) is 0 Å². The minimum atomic E-state index is -1.05. The van der Waals surface area contributed by atoms with Gasteiger partial charge in [0.2, 0.25) is 5.91 Å². The van der Waals surface area contributed by atoms with E-state index in [1.807, 2.05) is 0 Å². The van der Waals surface area contributed by atoms with E-state index >= 15 is 0 Å². The fourth-order valence-electron chi connectivity index (χ4n) is 1.28. The molecule has 0 radical (unpaired) electrons. The van der Waals surface area contributed by atoms with E-state index in [4.69, 9.17) is 5.11 Å². The third kappa shape index (κ3) is 4.53. The number of benzene rings is 1. The molecule has 3 amide bonds. The first-order valence-electron chi connectivity index (χ1n) is 5.57. The average Bonchev–Trinajstić information content (AvgIpc) is 2.40. The standard InChI is InChI=1S/C12H13BrN2O4S/c1-6(10(16)15-12(19)14-2)20-7-3-4-9(13)8(5-7)11(17)18/h3-6H,1-2H3,(H,17,18)(H2,14,15,16,19). The van der Waals surface area contributed by atoms with Gasteiger partial charge < -0.3 is 10.4 Å². The minimum Gasteiger partial charge on any atom is -0.478 e. The fraction of sp³-hybridized carbons (Fsp3) is 0.250. The van der Waals surface area contributed by atoms with Gasteiger partial charge in [0.1, 0.15) is 0 Å². The number of aromatic carboxylic acids is 1. The van der Waals surface area contributed by atoms with Crippen LogP contribution in [-0.4, -0.2) is 35.3 Å². The molecule has 6 nitrogen and oxygen atoms in total. The molecule has 1 aromatic carbocycles. The number of imide groups is 1. The lowest BCUT2D eigenvalue weighted by atomic mass is 10.2. The average molecular weight is 361 g/mol. The zero-order chi connectivity index (χ0) is 15.3. The zero-order valence-electron chi connectivity index (χ0n) is 10.8. The molecule has 0 fully saturated rings. The number of carboxylic acid groups (broad SMARTS) is 1. The summed E-state index contributed by atoms with van der Waals surface area (Å²) in [6, 6.07) is 4.20. The molecule has 0 saturated heterocycles. The third-order valence-corrected chi connectivity index (χ3v) is 4.10. The van der Waals surface area contributed by atoms with Crippen LogP contribution in [0.5, 0.6) is 0 Å². The van der Waals surface area contributed by atoms with Crippen molar-refractivity contribution >= 4 is 45.6 Å². The summed E-state index contributed by atoms with van der Waals surface area (Å²) in [6.07, 6.45) is 0. The molecule has 1 unspecified atom stereocenters. The first-order valence-corrected chi connectivity index (χ1v) is 7.24. The molecular formula is C12H13BrN2O4S. The second-order valence-electron chi connectivity index (χ2n) is 3.78. The van der Waals surface area contributed by atoms with Crippen LogP contribution >= 0.6 is 27.7 Å². The molecule has 0 aliphatic rings. The van der Waals surface area contributed by atoms with E-state index in [0.717, 1.165) is 0 Å². The Bertz CT molecular complexity index is 550. The predicted molar refractivity (Wildman–Crippen MR) is 79.0 cm³/mol. The van der Waals surface area contributed by atoms with Crippen LogP contribution in [0.1, 0.15) is 17.3 Å². The summed E-state index contributed by atoms with van der Waals surface area (Å²) in [6.45, 7) is 1.63. The first-order chi connectivity index (χ1) is 9.35. The van der Waals surface area contributed by atoms with Gasteiger partial charge in [0.05, 0.1) is 10.8 Å². The lowest BCUT2D eigenvalue weighted by Crippen LogP contribution is -2.41. The van der Waals surface area contributed by atoms with Crippen LogP contribution in [0.3, 0.4) is 0 Å². The quantitative estimate of drug-likeness (QED) is 0.714. The van der Waals surface area contributed by atoms with Crippen LogP contribution < -0.4 is 10.6 Å². The number of urea groups is 1. The smallest absolute Gasteiger partial charge is 0.336 e. The molecule has 0 bridgehead atoms. The van der Waals surface area contributed by atoms with Crippen LogP contribution in [0.4, 0.5) is 4.79 Å². The molecule has 0 aliphatic carbocycles. The number of amides is 3. The summed E-state index contributed by atoms with van der Waals surface area (Å²) in [5, 5.41) is 12.9. The van der Waals surface area contributed by atoms with Gasteiger partial charge in [-0.2, -0.15) is 0 Å². The second-order valence-corrected chi connectivity index (χ2v) is 6.04. The van der Waals surface area contributed by atoms with E-state index in [1.165, 1.54) is 24.9 Å². The Hall–Kier alpha value is -1.54.